The lowest BCUT2D eigenvalue weighted by atomic mass is 9.98. The van der Waals surface area contributed by atoms with Gasteiger partial charge in [-0.15, -0.1) is 0 Å². The van der Waals surface area contributed by atoms with E-state index in [0.717, 1.165) is 18.5 Å². The molecule has 68 valence electrons. The zero-order valence-electron chi connectivity index (χ0n) is 7.44. The van der Waals surface area contributed by atoms with E-state index in [0.29, 0.717) is 6.61 Å². The van der Waals surface area contributed by atoms with Crippen LogP contribution in [0.4, 0.5) is 0 Å². The summed E-state index contributed by atoms with van der Waals surface area (Å²) < 4.78 is 0. The highest BCUT2D eigenvalue weighted by molar-refractivity contribution is 5.88. The molecule has 0 spiro atoms. The standard InChI is InChI=1S/C10H12N2O/c1-2-7-11-10(4-1)8-13-12-9-5-3-6-9/h1-2,4,7H,3,5-6,8H2. The minimum atomic E-state index is 0.477. The SMILES string of the molecule is c1ccc(CON=C2CCC2)nc1. The van der Waals surface area contributed by atoms with Gasteiger partial charge in [-0.2, -0.15) is 0 Å². The van der Waals surface area contributed by atoms with E-state index in [1.165, 1.54) is 12.1 Å². The Bertz CT molecular complexity index is 289. The van der Waals surface area contributed by atoms with E-state index in [2.05, 4.69) is 10.1 Å². The third-order valence-corrected chi connectivity index (χ3v) is 2.06. The van der Waals surface area contributed by atoms with E-state index >= 15 is 0 Å². The van der Waals surface area contributed by atoms with Crippen molar-refractivity contribution in [3.05, 3.63) is 30.1 Å². The normalized spacial score (nSPS) is 14.9. The van der Waals surface area contributed by atoms with E-state index in [-0.39, 0.29) is 0 Å². The highest BCUT2D eigenvalue weighted by Gasteiger charge is 2.10. The van der Waals surface area contributed by atoms with Gasteiger partial charge in [0, 0.05) is 6.20 Å². The van der Waals surface area contributed by atoms with Gasteiger partial charge in [0.1, 0.15) is 0 Å². The second kappa shape index (κ2) is 4.03. The molecule has 0 aromatic carbocycles. The first-order valence-corrected chi connectivity index (χ1v) is 4.53. The average molecular weight is 176 g/mol. The van der Waals surface area contributed by atoms with Crippen LogP contribution in [0.1, 0.15) is 25.0 Å². The number of hydrogen-bond donors (Lipinski definition) is 0. The van der Waals surface area contributed by atoms with Crippen LogP contribution in [0, 0.1) is 0 Å². The third-order valence-electron chi connectivity index (χ3n) is 2.06. The van der Waals surface area contributed by atoms with Gasteiger partial charge in [0.2, 0.25) is 0 Å². The molecule has 13 heavy (non-hydrogen) atoms. The van der Waals surface area contributed by atoms with E-state index in [1.54, 1.807) is 6.20 Å². The summed E-state index contributed by atoms with van der Waals surface area (Å²) in [7, 11) is 0. The molecule has 0 bridgehead atoms. The molecule has 1 aliphatic rings. The van der Waals surface area contributed by atoms with Crippen molar-refractivity contribution in [2.75, 3.05) is 0 Å². The van der Waals surface area contributed by atoms with Gasteiger partial charge < -0.3 is 4.84 Å². The molecule has 1 fully saturated rings. The first-order chi connectivity index (χ1) is 6.45. The maximum absolute atomic E-state index is 5.15. The van der Waals surface area contributed by atoms with Crippen LogP contribution >= 0.6 is 0 Å². The van der Waals surface area contributed by atoms with E-state index in [9.17, 15) is 0 Å². The van der Waals surface area contributed by atoms with Crippen molar-refractivity contribution in [3.8, 4) is 0 Å². The summed E-state index contributed by atoms with van der Waals surface area (Å²) in [4.78, 5) is 9.27. The van der Waals surface area contributed by atoms with Crippen LogP contribution in [0.5, 0.6) is 0 Å². The van der Waals surface area contributed by atoms with Gasteiger partial charge >= 0.3 is 0 Å². The topological polar surface area (TPSA) is 34.5 Å². The van der Waals surface area contributed by atoms with Crippen LogP contribution in [0.3, 0.4) is 0 Å². The zero-order chi connectivity index (χ0) is 8.93. The van der Waals surface area contributed by atoms with Crippen LogP contribution in [0.15, 0.2) is 29.6 Å². The Morgan fingerprint density at radius 1 is 1.38 bits per heavy atom. The molecule has 0 radical (unpaired) electrons. The van der Waals surface area contributed by atoms with Crippen molar-refractivity contribution >= 4 is 5.71 Å². The lowest BCUT2D eigenvalue weighted by Gasteiger charge is -2.12. The third kappa shape index (κ3) is 2.28. The molecule has 0 N–H and O–H groups in total. The van der Waals surface area contributed by atoms with Gasteiger partial charge in [-0.3, -0.25) is 4.98 Å². The molecule has 1 aliphatic carbocycles. The Kier molecular flexibility index (Phi) is 2.55. The quantitative estimate of drug-likeness (QED) is 0.661. The first-order valence-electron chi connectivity index (χ1n) is 4.53. The molecule has 0 aliphatic heterocycles. The molecule has 1 saturated carbocycles. The lowest BCUT2D eigenvalue weighted by Crippen LogP contribution is -2.10. The number of hydrogen-bond acceptors (Lipinski definition) is 3. The molecular formula is C10H12N2O. The first kappa shape index (κ1) is 8.23. The van der Waals surface area contributed by atoms with E-state index in [1.807, 2.05) is 18.2 Å². The molecule has 1 heterocycles. The molecule has 3 nitrogen and oxygen atoms in total. The van der Waals surface area contributed by atoms with Crippen molar-refractivity contribution in [2.24, 2.45) is 5.16 Å². The minimum absolute atomic E-state index is 0.477. The van der Waals surface area contributed by atoms with Gasteiger partial charge in [0.05, 0.1) is 11.4 Å². The second-order valence-electron chi connectivity index (χ2n) is 3.11. The van der Waals surface area contributed by atoms with Crippen LogP contribution in [0.2, 0.25) is 0 Å². The molecule has 0 saturated heterocycles. The molecule has 0 atom stereocenters. The Labute approximate surface area is 77.4 Å². The van der Waals surface area contributed by atoms with Crippen LogP contribution in [0.25, 0.3) is 0 Å². The summed E-state index contributed by atoms with van der Waals surface area (Å²) in [5.41, 5.74) is 2.10. The highest BCUT2D eigenvalue weighted by Crippen LogP contribution is 2.14. The van der Waals surface area contributed by atoms with Gasteiger partial charge in [-0.05, 0) is 31.4 Å². The van der Waals surface area contributed by atoms with Crippen LogP contribution in [-0.2, 0) is 11.4 Å². The highest BCUT2D eigenvalue weighted by atomic mass is 16.6. The molecule has 1 aromatic heterocycles. The molecule has 0 amide bonds. The summed E-state index contributed by atoms with van der Waals surface area (Å²) in [6, 6.07) is 5.77. The molecule has 1 aromatic rings. The molecule has 2 rings (SSSR count). The summed E-state index contributed by atoms with van der Waals surface area (Å²) in [6.07, 6.45) is 5.21. The van der Waals surface area contributed by atoms with E-state index in [4.69, 9.17) is 4.84 Å². The number of rotatable bonds is 3. The largest absolute Gasteiger partial charge is 0.389 e. The zero-order valence-corrected chi connectivity index (χ0v) is 7.44. The second-order valence-corrected chi connectivity index (χ2v) is 3.11. The molecular weight excluding hydrogens is 164 g/mol. The Balaban J connectivity index is 1.79. The van der Waals surface area contributed by atoms with Crippen molar-refractivity contribution in [2.45, 2.75) is 25.9 Å². The lowest BCUT2D eigenvalue weighted by molar-refractivity contribution is 0.125. The minimum Gasteiger partial charge on any atom is -0.389 e. The fourth-order valence-electron chi connectivity index (χ4n) is 1.10. The van der Waals surface area contributed by atoms with Crippen LogP contribution in [-0.4, -0.2) is 10.7 Å². The molecule has 3 heteroatoms. The molecule has 0 unspecified atom stereocenters. The maximum atomic E-state index is 5.15. The van der Waals surface area contributed by atoms with Crippen molar-refractivity contribution in [1.82, 2.24) is 4.98 Å². The van der Waals surface area contributed by atoms with Gasteiger partial charge in [-0.1, -0.05) is 11.2 Å². The summed E-state index contributed by atoms with van der Waals surface area (Å²) in [6.45, 7) is 0.477. The van der Waals surface area contributed by atoms with Crippen molar-refractivity contribution < 1.29 is 4.84 Å². The predicted octanol–water partition coefficient (Wildman–Crippen LogP) is 2.14. The Morgan fingerprint density at radius 2 is 2.31 bits per heavy atom. The van der Waals surface area contributed by atoms with Crippen LogP contribution < -0.4 is 0 Å². The van der Waals surface area contributed by atoms with Gasteiger partial charge in [0.15, 0.2) is 6.61 Å². The Morgan fingerprint density at radius 3 is 2.92 bits per heavy atom. The number of oxime groups is 1. The van der Waals surface area contributed by atoms with E-state index < -0.39 is 0 Å². The summed E-state index contributed by atoms with van der Waals surface area (Å²) in [5.74, 6) is 0. The maximum Gasteiger partial charge on any atom is 0.159 e. The fraction of sp³-hybridized carbons (Fsp3) is 0.400. The predicted molar refractivity (Wildman–Crippen MR) is 50.3 cm³/mol. The summed E-state index contributed by atoms with van der Waals surface area (Å²) in [5, 5.41) is 4.00. The Hall–Kier alpha value is -1.38. The van der Waals surface area contributed by atoms with Crippen molar-refractivity contribution in [3.63, 3.8) is 0 Å². The van der Waals surface area contributed by atoms with Gasteiger partial charge in [-0.25, -0.2) is 0 Å². The van der Waals surface area contributed by atoms with Gasteiger partial charge in [0.25, 0.3) is 0 Å². The fourth-order valence-corrected chi connectivity index (χ4v) is 1.10. The smallest absolute Gasteiger partial charge is 0.159 e. The van der Waals surface area contributed by atoms with Crippen molar-refractivity contribution in [1.29, 1.82) is 0 Å². The monoisotopic (exact) mass is 176 g/mol. The number of nitrogens with zero attached hydrogens (tertiary/aromatic N) is 2. The average Bonchev–Trinajstić information content (AvgIpc) is 2.11. The summed E-state index contributed by atoms with van der Waals surface area (Å²) >= 11 is 0. The number of pyridine rings is 1. The number of aromatic nitrogens is 1.